The summed E-state index contributed by atoms with van der Waals surface area (Å²) in [5, 5.41) is 7.25. The van der Waals surface area contributed by atoms with Crippen LogP contribution < -0.4 is 11.1 Å². The summed E-state index contributed by atoms with van der Waals surface area (Å²) in [6, 6.07) is 5.45. The van der Waals surface area contributed by atoms with Crippen molar-refractivity contribution in [1.82, 2.24) is 19.7 Å². The van der Waals surface area contributed by atoms with Gasteiger partial charge in [-0.05, 0) is 12.1 Å². The number of nitrogens with two attached hydrogens (primary N) is 1. The van der Waals surface area contributed by atoms with Gasteiger partial charge in [0.25, 0.3) is 0 Å². The molecular weight excluding hydrogens is 236 g/mol. The van der Waals surface area contributed by atoms with Crippen LogP contribution in [0.5, 0.6) is 0 Å². The predicted octanol–water partition coefficient (Wildman–Crippen LogP) is 0.456. The zero-order chi connectivity index (χ0) is 12.3. The molecule has 2 rings (SSSR count). The molecular formula is C10H12N6S. The van der Waals surface area contributed by atoms with Gasteiger partial charge in [-0.25, -0.2) is 9.97 Å². The van der Waals surface area contributed by atoms with Crippen LogP contribution in [0.1, 0.15) is 11.5 Å². The number of aromatic nitrogens is 4. The number of hydrogen-bond donors (Lipinski definition) is 2. The lowest BCUT2D eigenvalue weighted by molar-refractivity contribution is 0.747. The van der Waals surface area contributed by atoms with E-state index in [4.69, 9.17) is 18.0 Å². The van der Waals surface area contributed by atoms with Crippen molar-refractivity contribution in [2.75, 3.05) is 5.32 Å². The van der Waals surface area contributed by atoms with Gasteiger partial charge in [-0.3, -0.25) is 4.68 Å². The van der Waals surface area contributed by atoms with E-state index in [2.05, 4.69) is 20.4 Å². The van der Waals surface area contributed by atoms with Crippen LogP contribution in [0.3, 0.4) is 0 Å². The fraction of sp³-hybridized carbons (Fsp3) is 0.200. The van der Waals surface area contributed by atoms with Gasteiger partial charge in [0.15, 0.2) is 5.82 Å². The molecule has 0 saturated carbocycles. The second-order valence-electron chi connectivity index (χ2n) is 3.46. The third-order valence-electron chi connectivity index (χ3n) is 2.08. The van der Waals surface area contributed by atoms with E-state index in [1.54, 1.807) is 17.1 Å². The number of thiocarbonyl (C=S) groups is 1. The molecule has 0 amide bonds. The molecule has 3 N–H and O–H groups in total. The van der Waals surface area contributed by atoms with Gasteiger partial charge in [0, 0.05) is 7.05 Å². The van der Waals surface area contributed by atoms with E-state index in [1.807, 2.05) is 19.2 Å². The number of pyridine rings is 1. The highest BCUT2D eigenvalue weighted by molar-refractivity contribution is 7.80. The van der Waals surface area contributed by atoms with Crippen LogP contribution in [0.4, 0.5) is 5.82 Å². The Labute approximate surface area is 104 Å². The maximum absolute atomic E-state index is 5.51. The van der Waals surface area contributed by atoms with Crippen LogP contribution in [0.2, 0.25) is 0 Å². The van der Waals surface area contributed by atoms with Gasteiger partial charge in [-0.1, -0.05) is 18.3 Å². The molecule has 0 fully saturated rings. The quantitative estimate of drug-likeness (QED) is 0.765. The molecule has 0 unspecified atom stereocenters. The SMILES string of the molecule is Cn1cnc(CNc2cccc(C(N)=S)n2)n1. The lowest BCUT2D eigenvalue weighted by Crippen LogP contribution is -2.13. The van der Waals surface area contributed by atoms with Crippen LogP contribution in [-0.4, -0.2) is 24.7 Å². The molecule has 0 saturated heterocycles. The van der Waals surface area contributed by atoms with E-state index in [0.29, 0.717) is 23.9 Å². The molecule has 0 aliphatic carbocycles. The van der Waals surface area contributed by atoms with Gasteiger partial charge < -0.3 is 11.1 Å². The number of hydrogen-bond acceptors (Lipinski definition) is 5. The van der Waals surface area contributed by atoms with E-state index >= 15 is 0 Å². The average Bonchev–Trinajstić information content (AvgIpc) is 2.73. The summed E-state index contributed by atoms with van der Waals surface area (Å²) in [7, 11) is 1.82. The first kappa shape index (κ1) is 11.5. The number of nitrogens with one attached hydrogen (secondary N) is 1. The lowest BCUT2D eigenvalue weighted by atomic mass is 10.3. The Hall–Kier alpha value is -2.02. The highest BCUT2D eigenvalue weighted by Crippen LogP contribution is 2.05. The Morgan fingerprint density at radius 2 is 2.35 bits per heavy atom. The summed E-state index contributed by atoms with van der Waals surface area (Å²) in [4.78, 5) is 8.64. The Morgan fingerprint density at radius 3 is 3.00 bits per heavy atom. The molecule has 2 aromatic heterocycles. The van der Waals surface area contributed by atoms with Crippen LogP contribution in [0.25, 0.3) is 0 Å². The van der Waals surface area contributed by atoms with Crippen LogP contribution in [-0.2, 0) is 13.6 Å². The summed E-state index contributed by atoms with van der Waals surface area (Å²) >= 11 is 4.86. The first-order chi connectivity index (χ1) is 8.15. The molecule has 17 heavy (non-hydrogen) atoms. The van der Waals surface area contributed by atoms with E-state index in [-0.39, 0.29) is 4.99 Å². The molecule has 2 heterocycles. The smallest absolute Gasteiger partial charge is 0.169 e. The largest absolute Gasteiger partial charge is 0.388 e. The van der Waals surface area contributed by atoms with Gasteiger partial charge in [-0.2, -0.15) is 5.10 Å². The maximum atomic E-state index is 5.51. The molecule has 7 heteroatoms. The van der Waals surface area contributed by atoms with Gasteiger partial charge in [0.05, 0.1) is 12.2 Å². The van der Waals surface area contributed by atoms with Crippen molar-refractivity contribution < 1.29 is 0 Å². The minimum absolute atomic E-state index is 0.282. The summed E-state index contributed by atoms with van der Waals surface area (Å²) in [6.07, 6.45) is 1.65. The Bertz CT molecular complexity index is 535. The molecule has 0 atom stereocenters. The van der Waals surface area contributed by atoms with Crippen molar-refractivity contribution in [1.29, 1.82) is 0 Å². The predicted molar refractivity (Wildman–Crippen MR) is 68.5 cm³/mol. The van der Waals surface area contributed by atoms with Crippen molar-refractivity contribution in [2.45, 2.75) is 6.54 Å². The molecule has 88 valence electrons. The van der Waals surface area contributed by atoms with Crippen LogP contribution in [0.15, 0.2) is 24.5 Å². The lowest BCUT2D eigenvalue weighted by Gasteiger charge is -2.04. The van der Waals surface area contributed by atoms with Gasteiger partial charge in [0.1, 0.15) is 17.1 Å². The number of rotatable bonds is 4. The molecule has 0 radical (unpaired) electrons. The van der Waals surface area contributed by atoms with Crippen molar-refractivity contribution in [3.63, 3.8) is 0 Å². The minimum Gasteiger partial charge on any atom is -0.388 e. The molecule has 6 nitrogen and oxygen atoms in total. The van der Waals surface area contributed by atoms with Crippen molar-refractivity contribution in [3.05, 3.63) is 36.0 Å². The fourth-order valence-corrected chi connectivity index (χ4v) is 1.42. The number of anilines is 1. The van der Waals surface area contributed by atoms with Crippen LogP contribution >= 0.6 is 12.2 Å². The van der Waals surface area contributed by atoms with Crippen molar-refractivity contribution in [2.24, 2.45) is 12.8 Å². The second-order valence-corrected chi connectivity index (χ2v) is 3.90. The van der Waals surface area contributed by atoms with E-state index in [0.717, 1.165) is 0 Å². The normalized spacial score (nSPS) is 10.2. The van der Waals surface area contributed by atoms with Gasteiger partial charge in [-0.15, -0.1) is 0 Å². The summed E-state index contributed by atoms with van der Waals surface area (Å²) in [5.74, 6) is 1.40. The highest BCUT2D eigenvalue weighted by Gasteiger charge is 2.02. The molecule has 2 aromatic rings. The van der Waals surface area contributed by atoms with Gasteiger partial charge in [0.2, 0.25) is 0 Å². The number of aryl methyl sites for hydroxylation is 1. The Kier molecular flexibility index (Phi) is 3.29. The minimum atomic E-state index is 0.282. The zero-order valence-corrected chi connectivity index (χ0v) is 10.1. The summed E-state index contributed by atoms with van der Waals surface area (Å²) in [6.45, 7) is 0.509. The monoisotopic (exact) mass is 248 g/mol. The van der Waals surface area contributed by atoms with Gasteiger partial charge >= 0.3 is 0 Å². The maximum Gasteiger partial charge on any atom is 0.169 e. The molecule has 0 aromatic carbocycles. The molecule has 0 aliphatic rings. The van der Waals surface area contributed by atoms with E-state index in [9.17, 15) is 0 Å². The van der Waals surface area contributed by atoms with Crippen molar-refractivity contribution in [3.8, 4) is 0 Å². The van der Waals surface area contributed by atoms with Crippen LogP contribution in [0, 0.1) is 0 Å². The summed E-state index contributed by atoms with van der Waals surface area (Å²) < 4.78 is 1.65. The third-order valence-corrected chi connectivity index (χ3v) is 2.29. The number of nitrogens with zero attached hydrogens (tertiary/aromatic N) is 4. The second kappa shape index (κ2) is 4.88. The topological polar surface area (TPSA) is 81.7 Å². The highest BCUT2D eigenvalue weighted by atomic mass is 32.1. The molecule has 0 aliphatic heterocycles. The molecule has 0 spiro atoms. The summed E-state index contributed by atoms with van der Waals surface area (Å²) in [5.41, 5.74) is 6.10. The zero-order valence-electron chi connectivity index (χ0n) is 9.29. The third kappa shape index (κ3) is 2.97. The molecule has 0 bridgehead atoms. The Balaban J connectivity index is 2.04. The Morgan fingerprint density at radius 1 is 1.53 bits per heavy atom. The first-order valence-electron chi connectivity index (χ1n) is 5.00. The van der Waals surface area contributed by atoms with E-state index < -0.39 is 0 Å². The first-order valence-corrected chi connectivity index (χ1v) is 5.41. The average molecular weight is 248 g/mol. The van der Waals surface area contributed by atoms with E-state index in [1.165, 1.54) is 0 Å². The standard InChI is InChI=1S/C10H12N6S/c1-16-6-13-9(15-16)5-12-8-4-2-3-7(14-8)10(11)17/h2-4,6H,5H2,1H3,(H2,11,17)(H,12,14). The van der Waals surface area contributed by atoms with Crippen molar-refractivity contribution >= 4 is 23.0 Å². The fourth-order valence-electron chi connectivity index (χ4n) is 1.30.